The first-order valence-electron chi connectivity index (χ1n) is 6.32. The molecule has 1 saturated heterocycles. The molecule has 1 aliphatic rings. The zero-order chi connectivity index (χ0) is 13.8. The van der Waals surface area contributed by atoms with E-state index in [2.05, 4.69) is 44.3 Å². The smallest absolute Gasteiger partial charge is 0.322 e. The second-order valence-electron chi connectivity index (χ2n) is 4.80. The van der Waals surface area contributed by atoms with Crippen molar-refractivity contribution in [3.05, 3.63) is 0 Å². The first-order chi connectivity index (χ1) is 9.13. The maximum Gasteiger partial charge on any atom is 0.322 e. The van der Waals surface area contributed by atoms with Gasteiger partial charge < -0.3 is 14.5 Å². The van der Waals surface area contributed by atoms with E-state index >= 15 is 0 Å². The fraction of sp³-hybridized carbons (Fsp3) is 0.727. The van der Waals surface area contributed by atoms with Crippen LogP contribution in [0.3, 0.4) is 0 Å². The van der Waals surface area contributed by atoms with Crippen molar-refractivity contribution < 1.29 is 4.74 Å². The Balaban J connectivity index is 2.20. The van der Waals surface area contributed by atoms with Crippen molar-refractivity contribution in [2.45, 2.75) is 18.9 Å². The van der Waals surface area contributed by atoms with Gasteiger partial charge in [-0.2, -0.15) is 15.0 Å². The molecule has 2 heterocycles. The van der Waals surface area contributed by atoms with Crippen molar-refractivity contribution in [1.82, 2.24) is 19.9 Å². The SMILES string of the molecule is COc1nc(NN)nc(N2CCCC(N(C)C)C2)n1. The average molecular weight is 267 g/mol. The number of nitrogens with zero attached hydrogens (tertiary/aromatic N) is 5. The van der Waals surface area contributed by atoms with Crippen LogP contribution in [-0.4, -0.2) is 60.2 Å². The number of hydrazine groups is 1. The van der Waals surface area contributed by atoms with Crippen molar-refractivity contribution in [3.8, 4) is 6.01 Å². The van der Waals surface area contributed by atoms with Crippen molar-refractivity contribution in [3.63, 3.8) is 0 Å². The number of nitrogen functional groups attached to an aromatic ring is 1. The van der Waals surface area contributed by atoms with Crippen LogP contribution >= 0.6 is 0 Å². The zero-order valence-corrected chi connectivity index (χ0v) is 11.6. The van der Waals surface area contributed by atoms with Crippen LogP contribution in [0.1, 0.15) is 12.8 Å². The van der Waals surface area contributed by atoms with Crippen LogP contribution in [0.5, 0.6) is 6.01 Å². The maximum absolute atomic E-state index is 5.36. The molecule has 19 heavy (non-hydrogen) atoms. The number of ether oxygens (including phenoxy) is 1. The summed E-state index contributed by atoms with van der Waals surface area (Å²) in [5.41, 5.74) is 2.44. The minimum Gasteiger partial charge on any atom is -0.467 e. The number of nitrogens with one attached hydrogen (secondary N) is 1. The van der Waals surface area contributed by atoms with Gasteiger partial charge in [0.05, 0.1) is 7.11 Å². The van der Waals surface area contributed by atoms with Gasteiger partial charge in [0.1, 0.15) is 0 Å². The molecule has 0 amide bonds. The minimum absolute atomic E-state index is 0.268. The molecule has 1 aliphatic heterocycles. The first-order valence-corrected chi connectivity index (χ1v) is 6.32. The number of rotatable bonds is 4. The molecule has 1 atom stereocenters. The van der Waals surface area contributed by atoms with Crippen LogP contribution in [0.4, 0.5) is 11.9 Å². The Labute approximate surface area is 112 Å². The Bertz CT molecular complexity index is 403. The van der Waals surface area contributed by atoms with Gasteiger partial charge in [-0.05, 0) is 26.9 Å². The Morgan fingerprint density at radius 3 is 2.79 bits per heavy atom. The fourth-order valence-electron chi connectivity index (χ4n) is 2.20. The van der Waals surface area contributed by atoms with E-state index in [0.29, 0.717) is 17.9 Å². The summed E-state index contributed by atoms with van der Waals surface area (Å²) >= 11 is 0. The standard InChI is InChI=1S/C11H21N7O/c1-17(2)8-5-4-6-18(7-8)10-13-9(16-12)14-11(15-10)19-3/h8H,4-7,12H2,1-3H3,(H,13,14,15,16). The van der Waals surface area contributed by atoms with Gasteiger partial charge in [-0.25, -0.2) is 5.84 Å². The van der Waals surface area contributed by atoms with Crippen LogP contribution in [0.25, 0.3) is 0 Å². The summed E-state index contributed by atoms with van der Waals surface area (Å²) in [6, 6.07) is 0.774. The zero-order valence-electron chi connectivity index (χ0n) is 11.6. The number of anilines is 2. The predicted octanol–water partition coefficient (Wildman–Crippen LogP) is -0.304. The van der Waals surface area contributed by atoms with E-state index in [9.17, 15) is 0 Å². The number of likely N-dealkylation sites (N-methyl/N-ethyl adjacent to an activating group) is 1. The Hall–Kier alpha value is -1.67. The second-order valence-corrected chi connectivity index (χ2v) is 4.80. The van der Waals surface area contributed by atoms with Crippen molar-refractivity contribution >= 4 is 11.9 Å². The third kappa shape index (κ3) is 3.21. The molecular formula is C11H21N7O. The van der Waals surface area contributed by atoms with Crippen molar-refractivity contribution in [2.75, 3.05) is 44.6 Å². The number of aromatic nitrogens is 3. The van der Waals surface area contributed by atoms with Crippen LogP contribution in [0.15, 0.2) is 0 Å². The molecule has 0 saturated carbocycles. The molecule has 1 aromatic heterocycles. The molecule has 0 radical (unpaired) electrons. The van der Waals surface area contributed by atoms with Gasteiger partial charge in [0.25, 0.3) is 0 Å². The molecule has 0 bridgehead atoms. The van der Waals surface area contributed by atoms with Crippen LogP contribution in [0, 0.1) is 0 Å². The number of hydrogen-bond donors (Lipinski definition) is 2. The lowest BCUT2D eigenvalue weighted by Gasteiger charge is -2.36. The summed E-state index contributed by atoms with van der Waals surface area (Å²) in [5, 5.41) is 0. The topological polar surface area (TPSA) is 92.4 Å². The molecule has 1 aromatic rings. The number of nitrogens with two attached hydrogens (primary N) is 1. The lowest BCUT2D eigenvalue weighted by molar-refractivity contribution is 0.256. The monoisotopic (exact) mass is 267 g/mol. The third-order valence-electron chi connectivity index (χ3n) is 3.32. The van der Waals surface area contributed by atoms with Gasteiger partial charge in [0.15, 0.2) is 0 Å². The molecule has 0 aromatic carbocycles. The molecule has 3 N–H and O–H groups in total. The number of methoxy groups -OCH3 is 1. The van der Waals surface area contributed by atoms with E-state index in [0.717, 1.165) is 19.5 Å². The van der Waals surface area contributed by atoms with Gasteiger partial charge in [-0.15, -0.1) is 0 Å². The quantitative estimate of drug-likeness (QED) is 0.567. The average Bonchev–Trinajstić information content (AvgIpc) is 2.46. The van der Waals surface area contributed by atoms with Gasteiger partial charge in [0, 0.05) is 19.1 Å². The van der Waals surface area contributed by atoms with Crippen LogP contribution in [-0.2, 0) is 0 Å². The summed E-state index contributed by atoms with van der Waals surface area (Å²) in [4.78, 5) is 16.9. The third-order valence-corrected chi connectivity index (χ3v) is 3.32. The molecule has 0 spiro atoms. The molecule has 8 heteroatoms. The maximum atomic E-state index is 5.36. The fourth-order valence-corrected chi connectivity index (χ4v) is 2.20. The largest absolute Gasteiger partial charge is 0.467 e. The summed E-state index contributed by atoms with van der Waals surface area (Å²) in [7, 11) is 5.71. The molecule has 2 rings (SSSR count). The minimum atomic E-state index is 0.268. The highest BCUT2D eigenvalue weighted by Crippen LogP contribution is 2.20. The van der Waals surface area contributed by atoms with Gasteiger partial charge in [-0.3, -0.25) is 5.43 Å². The molecule has 1 unspecified atom stereocenters. The molecule has 106 valence electrons. The van der Waals surface area contributed by atoms with E-state index in [4.69, 9.17) is 10.6 Å². The van der Waals surface area contributed by atoms with E-state index in [1.807, 2.05) is 0 Å². The van der Waals surface area contributed by atoms with E-state index < -0.39 is 0 Å². The lowest BCUT2D eigenvalue weighted by Crippen LogP contribution is -2.45. The van der Waals surface area contributed by atoms with Crippen LogP contribution in [0.2, 0.25) is 0 Å². The Kier molecular flexibility index (Phi) is 4.33. The summed E-state index contributed by atoms with van der Waals surface area (Å²) in [6.07, 6.45) is 2.30. The highest BCUT2D eigenvalue weighted by atomic mass is 16.5. The second kappa shape index (κ2) is 5.98. The normalized spacial score (nSPS) is 19.6. The Morgan fingerprint density at radius 1 is 1.37 bits per heavy atom. The Morgan fingerprint density at radius 2 is 2.16 bits per heavy atom. The van der Waals surface area contributed by atoms with Crippen LogP contribution < -0.4 is 20.9 Å². The highest BCUT2D eigenvalue weighted by Gasteiger charge is 2.24. The molecule has 1 fully saturated rings. The lowest BCUT2D eigenvalue weighted by atomic mass is 10.1. The molecule has 0 aliphatic carbocycles. The van der Waals surface area contributed by atoms with E-state index in [1.165, 1.54) is 13.5 Å². The summed E-state index contributed by atoms with van der Waals surface area (Å²) in [6.45, 7) is 1.83. The van der Waals surface area contributed by atoms with Gasteiger partial charge in [-0.1, -0.05) is 0 Å². The van der Waals surface area contributed by atoms with E-state index in [1.54, 1.807) is 0 Å². The molecular weight excluding hydrogens is 246 g/mol. The number of hydrogen-bond acceptors (Lipinski definition) is 8. The van der Waals surface area contributed by atoms with Crippen molar-refractivity contribution in [1.29, 1.82) is 0 Å². The molecule has 8 nitrogen and oxygen atoms in total. The van der Waals surface area contributed by atoms with Gasteiger partial charge >= 0.3 is 6.01 Å². The van der Waals surface area contributed by atoms with Gasteiger partial charge in [0.2, 0.25) is 11.9 Å². The highest BCUT2D eigenvalue weighted by molar-refractivity contribution is 5.38. The van der Waals surface area contributed by atoms with Crippen molar-refractivity contribution in [2.24, 2.45) is 5.84 Å². The number of piperidine rings is 1. The summed E-state index contributed by atoms with van der Waals surface area (Å²) < 4.78 is 5.07. The van der Waals surface area contributed by atoms with E-state index in [-0.39, 0.29) is 6.01 Å². The first kappa shape index (κ1) is 13.8. The predicted molar refractivity (Wildman–Crippen MR) is 73.1 cm³/mol. The summed E-state index contributed by atoms with van der Waals surface area (Å²) in [5.74, 6) is 6.28.